The molecular formula is C21H14Cl2N2O2. The summed E-state index contributed by atoms with van der Waals surface area (Å²) in [6.45, 7) is 0.306. The Labute approximate surface area is 165 Å². The molecule has 6 heteroatoms. The molecule has 0 aliphatic rings. The number of halogens is 2. The summed E-state index contributed by atoms with van der Waals surface area (Å²) in [6, 6.07) is 18.4. The van der Waals surface area contributed by atoms with Crippen molar-refractivity contribution in [2.45, 2.75) is 6.61 Å². The number of ether oxygens (including phenoxy) is 1. The maximum atomic E-state index is 12.7. The van der Waals surface area contributed by atoms with Crippen LogP contribution in [0.15, 0.2) is 71.7 Å². The Kier molecular flexibility index (Phi) is 4.84. The molecule has 0 fully saturated rings. The van der Waals surface area contributed by atoms with E-state index in [-0.39, 0.29) is 5.56 Å². The minimum Gasteiger partial charge on any atom is -0.487 e. The summed E-state index contributed by atoms with van der Waals surface area (Å²) in [5, 5.41) is 1.56. The number of H-pyrrole nitrogens is 1. The maximum Gasteiger partial charge on any atom is 0.257 e. The maximum absolute atomic E-state index is 12.7. The molecule has 2 aromatic carbocycles. The molecule has 0 radical (unpaired) electrons. The summed E-state index contributed by atoms with van der Waals surface area (Å²) < 4.78 is 5.97. The fourth-order valence-electron chi connectivity index (χ4n) is 2.88. The fourth-order valence-corrected chi connectivity index (χ4v) is 3.34. The summed E-state index contributed by atoms with van der Waals surface area (Å²) in [7, 11) is 0. The number of hydrogen-bond acceptors (Lipinski definition) is 3. The minimum absolute atomic E-state index is 0.306. The zero-order chi connectivity index (χ0) is 18.8. The van der Waals surface area contributed by atoms with Crippen molar-refractivity contribution >= 4 is 34.2 Å². The molecule has 0 saturated carbocycles. The van der Waals surface area contributed by atoms with Crippen molar-refractivity contribution in [3.8, 4) is 16.9 Å². The first kappa shape index (κ1) is 17.6. The van der Waals surface area contributed by atoms with Crippen molar-refractivity contribution in [3.05, 3.63) is 92.8 Å². The number of hydrogen-bond donors (Lipinski definition) is 1. The van der Waals surface area contributed by atoms with Crippen LogP contribution in [0.4, 0.5) is 0 Å². The Hall–Kier alpha value is -2.82. The molecule has 4 rings (SSSR count). The van der Waals surface area contributed by atoms with Gasteiger partial charge in [-0.3, -0.25) is 4.79 Å². The summed E-state index contributed by atoms with van der Waals surface area (Å²) in [4.78, 5) is 19.6. The summed E-state index contributed by atoms with van der Waals surface area (Å²) in [6.07, 6.45) is 1.62. The second-order valence-electron chi connectivity index (χ2n) is 5.96. The number of benzene rings is 2. The van der Waals surface area contributed by atoms with E-state index in [0.717, 1.165) is 10.9 Å². The lowest BCUT2D eigenvalue weighted by Gasteiger charge is -2.15. The second kappa shape index (κ2) is 7.43. The highest BCUT2D eigenvalue weighted by molar-refractivity contribution is 6.36. The van der Waals surface area contributed by atoms with Gasteiger partial charge in [0.05, 0.1) is 15.6 Å². The highest BCUT2D eigenvalue weighted by Gasteiger charge is 2.18. The van der Waals surface area contributed by atoms with Gasteiger partial charge in [0.2, 0.25) is 0 Å². The predicted octanol–water partition coefficient (Wildman–Crippen LogP) is 5.48. The van der Waals surface area contributed by atoms with Crippen molar-refractivity contribution in [2.24, 2.45) is 0 Å². The molecule has 0 bridgehead atoms. The van der Waals surface area contributed by atoms with E-state index in [2.05, 4.69) is 9.97 Å². The van der Waals surface area contributed by atoms with Crippen molar-refractivity contribution in [3.63, 3.8) is 0 Å². The van der Waals surface area contributed by atoms with Gasteiger partial charge in [0.25, 0.3) is 5.56 Å². The highest BCUT2D eigenvalue weighted by atomic mass is 35.5. The number of nitrogens with one attached hydrogen (secondary N) is 1. The average molecular weight is 397 g/mol. The Morgan fingerprint density at radius 2 is 1.74 bits per heavy atom. The van der Waals surface area contributed by atoms with Gasteiger partial charge in [-0.05, 0) is 35.9 Å². The van der Waals surface area contributed by atoms with Crippen LogP contribution in [0.25, 0.3) is 22.2 Å². The molecule has 1 N–H and O–H groups in total. The average Bonchev–Trinajstić information content (AvgIpc) is 2.69. The van der Waals surface area contributed by atoms with E-state index < -0.39 is 0 Å². The number of aromatic amines is 1. The van der Waals surface area contributed by atoms with Gasteiger partial charge in [-0.2, -0.15) is 0 Å². The SMILES string of the molecule is O=c1[nH]c2ncccc2cc1-c1c(Cl)ccc(Cl)c1OCc1ccccc1. The van der Waals surface area contributed by atoms with Crippen LogP contribution in [0, 0.1) is 0 Å². The number of pyridine rings is 2. The van der Waals surface area contributed by atoms with E-state index in [1.165, 1.54) is 0 Å². The van der Waals surface area contributed by atoms with Crippen LogP contribution in [-0.2, 0) is 6.61 Å². The lowest BCUT2D eigenvalue weighted by molar-refractivity contribution is 0.307. The molecule has 134 valence electrons. The van der Waals surface area contributed by atoms with Gasteiger partial charge in [0.15, 0.2) is 0 Å². The number of aromatic nitrogens is 2. The van der Waals surface area contributed by atoms with E-state index in [9.17, 15) is 4.79 Å². The Balaban J connectivity index is 1.84. The third-order valence-electron chi connectivity index (χ3n) is 4.17. The highest BCUT2D eigenvalue weighted by Crippen LogP contribution is 2.41. The van der Waals surface area contributed by atoms with Gasteiger partial charge in [-0.1, -0.05) is 53.5 Å². The lowest BCUT2D eigenvalue weighted by atomic mass is 10.0. The van der Waals surface area contributed by atoms with Crippen molar-refractivity contribution in [2.75, 3.05) is 0 Å². The molecule has 0 aliphatic heterocycles. The molecular weight excluding hydrogens is 383 g/mol. The van der Waals surface area contributed by atoms with E-state index in [4.69, 9.17) is 27.9 Å². The summed E-state index contributed by atoms with van der Waals surface area (Å²) in [5.74, 6) is 0.377. The van der Waals surface area contributed by atoms with Gasteiger partial charge >= 0.3 is 0 Å². The molecule has 0 aliphatic carbocycles. The van der Waals surface area contributed by atoms with Gasteiger partial charge in [-0.25, -0.2) is 4.98 Å². The van der Waals surface area contributed by atoms with Gasteiger partial charge in [0, 0.05) is 17.1 Å². The zero-order valence-electron chi connectivity index (χ0n) is 14.1. The van der Waals surface area contributed by atoms with Crippen molar-refractivity contribution in [1.29, 1.82) is 0 Å². The van der Waals surface area contributed by atoms with Gasteiger partial charge in [0.1, 0.15) is 18.0 Å². The van der Waals surface area contributed by atoms with Crippen LogP contribution in [0.1, 0.15) is 5.56 Å². The Bertz CT molecular complexity index is 1170. The smallest absolute Gasteiger partial charge is 0.257 e. The number of rotatable bonds is 4. The molecule has 2 aromatic heterocycles. The third-order valence-corrected chi connectivity index (χ3v) is 4.78. The van der Waals surface area contributed by atoms with Crippen molar-refractivity contribution < 1.29 is 4.74 Å². The molecule has 4 aromatic rings. The van der Waals surface area contributed by atoms with Crippen LogP contribution in [-0.4, -0.2) is 9.97 Å². The molecule has 0 atom stereocenters. The summed E-state index contributed by atoms with van der Waals surface area (Å²) in [5.41, 5.74) is 2.03. The number of nitrogens with zero attached hydrogens (tertiary/aromatic N) is 1. The first-order valence-electron chi connectivity index (χ1n) is 8.26. The first-order chi connectivity index (χ1) is 13.1. The fraction of sp³-hybridized carbons (Fsp3) is 0.0476. The topological polar surface area (TPSA) is 55.0 Å². The van der Waals surface area contributed by atoms with Crippen LogP contribution in [0.5, 0.6) is 5.75 Å². The second-order valence-corrected chi connectivity index (χ2v) is 6.78. The Morgan fingerprint density at radius 3 is 2.56 bits per heavy atom. The standard InChI is InChI=1S/C21H14Cl2N2O2/c22-16-8-9-17(23)19(27-12-13-5-2-1-3-6-13)18(16)15-11-14-7-4-10-24-20(14)25-21(15)26/h1-11H,12H2,(H,24,25,26). The molecule has 4 nitrogen and oxygen atoms in total. The van der Waals surface area contributed by atoms with E-state index >= 15 is 0 Å². The van der Waals surface area contributed by atoms with E-state index in [1.54, 1.807) is 30.5 Å². The molecule has 0 unspecified atom stereocenters. The van der Waals surface area contributed by atoms with Crippen LogP contribution in [0.2, 0.25) is 10.0 Å². The first-order valence-corrected chi connectivity index (χ1v) is 9.02. The van der Waals surface area contributed by atoms with Crippen LogP contribution >= 0.6 is 23.2 Å². The largest absolute Gasteiger partial charge is 0.487 e. The van der Waals surface area contributed by atoms with Crippen LogP contribution in [0.3, 0.4) is 0 Å². The molecule has 2 heterocycles. The van der Waals surface area contributed by atoms with Crippen LogP contribution < -0.4 is 10.3 Å². The molecule has 0 spiro atoms. The number of fused-ring (bicyclic) bond motifs is 1. The monoisotopic (exact) mass is 396 g/mol. The Morgan fingerprint density at radius 1 is 0.963 bits per heavy atom. The van der Waals surface area contributed by atoms with Gasteiger partial charge < -0.3 is 9.72 Å². The molecule has 0 amide bonds. The minimum atomic E-state index is -0.310. The summed E-state index contributed by atoms with van der Waals surface area (Å²) >= 11 is 12.8. The van der Waals surface area contributed by atoms with Gasteiger partial charge in [-0.15, -0.1) is 0 Å². The quantitative estimate of drug-likeness (QED) is 0.497. The lowest BCUT2D eigenvalue weighted by Crippen LogP contribution is -2.11. The zero-order valence-corrected chi connectivity index (χ0v) is 15.6. The molecule has 27 heavy (non-hydrogen) atoms. The van der Waals surface area contributed by atoms with E-state index in [1.807, 2.05) is 36.4 Å². The third kappa shape index (κ3) is 3.54. The molecule has 0 saturated heterocycles. The van der Waals surface area contributed by atoms with Crippen molar-refractivity contribution in [1.82, 2.24) is 9.97 Å². The normalized spacial score (nSPS) is 10.9. The predicted molar refractivity (Wildman–Crippen MR) is 109 cm³/mol. The van der Waals surface area contributed by atoms with E-state index in [0.29, 0.717) is 39.2 Å².